The number of oxazole rings is 1. The topological polar surface area (TPSA) is 52.3 Å². The van der Waals surface area contributed by atoms with Gasteiger partial charge in [0.25, 0.3) is 0 Å². The SMILES string of the molecule is COc1ccc(-c2nc3cccc(C(=O)c4ccccc4)c3o2)cc1. The fraction of sp³-hybridized carbons (Fsp3) is 0.0476. The Morgan fingerprint density at radius 2 is 1.68 bits per heavy atom. The van der Waals surface area contributed by atoms with Crippen LogP contribution in [0.3, 0.4) is 0 Å². The van der Waals surface area contributed by atoms with Gasteiger partial charge < -0.3 is 9.15 Å². The number of ketones is 1. The normalized spacial score (nSPS) is 10.8. The molecule has 0 atom stereocenters. The minimum atomic E-state index is -0.0800. The van der Waals surface area contributed by atoms with E-state index in [1.54, 1.807) is 25.3 Å². The quantitative estimate of drug-likeness (QED) is 0.508. The van der Waals surface area contributed by atoms with Crippen LogP contribution in [0.2, 0.25) is 0 Å². The van der Waals surface area contributed by atoms with Crippen molar-refractivity contribution < 1.29 is 13.9 Å². The van der Waals surface area contributed by atoms with Gasteiger partial charge in [-0.1, -0.05) is 36.4 Å². The van der Waals surface area contributed by atoms with E-state index in [0.717, 1.165) is 11.3 Å². The maximum atomic E-state index is 12.8. The van der Waals surface area contributed by atoms with Gasteiger partial charge in [0.2, 0.25) is 5.89 Å². The number of rotatable bonds is 4. The third-order valence-electron chi connectivity index (χ3n) is 4.03. The summed E-state index contributed by atoms with van der Waals surface area (Å²) in [4.78, 5) is 17.3. The Bertz CT molecular complexity index is 1030. The zero-order valence-electron chi connectivity index (χ0n) is 13.6. The maximum Gasteiger partial charge on any atom is 0.227 e. The van der Waals surface area contributed by atoms with Crippen LogP contribution in [0, 0.1) is 0 Å². The van der Waals surface area contributed by atoms with E-state index in [0.29, 0.717) is 28.1 Å². The first-order valence-electron chi connectivity index (χ1n) is 7.90. The van der Waals surface area contributed by atoms with E-state index in [1.807, 2.05) is 54.6 Å². The summed E-state index contributed by atoms with van der Waals surface area (Å²) in [6, 6.07) is 22.0. The van der Waals surface area contributed by atoms with Crippen LogP contribution in [0.5, 0.6) is 5.75 Å². The molecule has 0 amide bonds. The van der Waals surface area contributed by atoms with Crippen LogP contribution in [-0.4, -0.2) is 17.9 Å². The minimum absolute atomic E-state index is 0.0800. The van der Waals surface area contributed by atoms with Gasteiger partial charge in [0.15, 0.2) is 11.4 Å². The fourth-order valence-corrected chi connectivity index (χ4v) is 2.73. The number of hydrogen-bond acceptors (Lipinski definition) is 4. The van der Waals surface area contributed by atoms with E-state index in [9.17, 15) is 4.79 Å². The summed E-state index contributed by atoms with van der Waals surface area (Å²) in [5.74, 6) is 1.16. The number of para-hydroxylation sites is 1. The molecule has 0 fully saturated rings. The molecule has 4 aromatic rings. The molecule has 0 spiro atoms. The number of ether oxygens (including phenoxy) is 1. The predicted octanol–water partition coefficient (Wildman–Crippen LogP) is 4.73. The Morgan fingerprint density at radius 1 is 0.920 bits per heavy atom. The molecular formula is C21H15NO3. The molecule has 0 N–H and O–H groups in total. The molecule has 4 nitrogen and oxygen atoms in total. The molecule has 1 heterocycles. The Morgan fingerprint density at radius 3 is 2.40 bits per heavy atom. The zero-order chi connectivity index (χ0) is 17.2. The van der Waals surface area contributed by atoms with Crippen molar-refractivity contribution in [2.45, 2.75) is 0 Å². The summed E-state index contributed by atoms with van der Waals surface area (Å²) in [6.45, 7) is 0. The van der Waals surface area contributed by atoms with E-state index in [4.69, 9.17) is 9.15 Å². The van der Waals surface area contributed by atoms with Crippen LogP contribution >= 0.6 is 0 Å². The van der Waals surface area contributed by atoms with Gasteiger partial charge in [0, 0.05) is 11.1 Å². The van der Waals surface area contributed by atoms with Crippen molar-refractivity contribution in [2.75, 3.05) is 7.11 Å². The Balaban J connectivity index is 1.79. The van der Waals surface area contributed by atoms with E-state index in [1.165, 1.54) is 0 Å². The first-order valence-corrected chi connectivity index (χ1v) is 7.90. The molecule has 0 unspecified atom stereocenters. The molecule has 25 heavy (non-hydrogen) atoms. The number of nitrogens with zero attached hydrogens (tertiary/aromatic N) is 1. The van der Waals surface area contributed by atoms with Crippen LogP contribution in [0.1, 0.15) is 15.9 Å². The third kappa shape index (κ3) is 2.78. The van der Waals surface area contributed by atoms with Crippen molar-refractivity contribution in [3.05, 3.63) is 83.9 Å². The van der Waals surface area contributed by atoms with Crippen LogP contribution < -0.4 is 4.74 Å². The summed E-state index contributed by atoms with van der Waals surface area (Å²) in [5.41, 5.74) is 3.12. The monoisotopic (exact) mass is 329 g/mol. The first kappa shape index (κ1) is 15.1. The van der Waals surface area contributed by atoms with E-state index >= 15 is 0 Å². The van der Waals surface area contributed by atoms with Crippen LogP contribution in [0.25, 0.3) is 22.6 Å². The van der Waals surface area contributed by atoms with Crippen molar-refractivity contribution in [3.63, 3.8) is 0 Å². The molecule has 1 aromatic heterocycles. The lowest BCUT2D eigenvalue weighted by atomic mass is 10.0. The lowest BCUT2D eigenvalue weighted by Gasteiger charge is -2.01. The molecule has 3 aromatic carbocycles. The van der Waals surface area contributed by atoms with E-state index in [-0.39, 0.29) is 5.78 Å². The summed E-state index contributed by atoms with van der Waals surface area (Å²) >= 11 is 0. The molecule has 122 valence electrons. The second-order valence-electron chi connectivity index (χ2n) is 5.60. The molecule has 0 bridgehead atoms. The van der Waals surface area contributed by atoms with Gasteiger partial charge in [-0.05, 0) is 36.4 Å². The highest BCUT2D eigenvalue weighted by Crippen LogP contribution is 2.28. The molecule has 4 heteroatoms. The summed E-state index contributed by atoms with van der Waals surface area (Å²) in [7, 11) is 1.62. The van der Waals surface area contributed by atoms with E-state index in [2.05, 4.69) is 4.98 Å². The highest BCUT2D eigenvalue weighted by molar-refractivity contribution is 6.14. The Hall–Kier alpha value is -3.40. The van der Waals surface area contributed by atoms with Crippen LogP contribution in [-0.2, 0) is 0 Å². The predicted molar refractivity (Wildman–Crippen MR) is 95.9 cm³/mol. The number of carbonyl (C=O) groups is 1. The van der Waals surface area contributed by atoms with Crippen LogP contribution in [0.4, 0.5) is 0 Å². The number of hydrogen-bond donors (Lipinski definition) is 0. The fourth-order valence-electron chi connectivity index (χ4n) is 2.73. The Kier molecular flexibility index (Phi) is 3.78. The molecule has 0 aliphatic carbocycles. The molecular weight excluding hydrogens is 314 g/mol. The van der Waals surface area contributed by atoms with Gasteiger partial charge in [-0.2, -0.15) is 0 Å². The second-order valence-corrected chi connectivity index (χ2v) is 5.60. The molecule has 0 saturated heterocycles. The van der Waals surface area contributed by atoms with Gasteiger partial charge in [-0.3, -0.25) is 4.79 Å². The van der Waals surface area contributed by atoms with Crippen molar-refractivity contribution >= 4 is 16.9 Å². The molecule has 4 rings (SSSR count). The number of methoxy groups -OCH3 is 1. The van der Waals surface area contributed by atoms with Gasteiger partial charge in [0.05, 0.1) is 12.7 Å². The zero-order valence-corrected chi connectivity index (χ0v) is 13.6. The number of aromatic nitrogens is 1. The lowest BCUT2D eigenvalue weighted by molar-refractivity contribution is 0.103. The minimum Gasteiger partial charge on any atom is -0.497 e. The summed E-state index contributed by atoms with van der Waals surface area (Å²) in [6.07, 6.45) is 0. The molecule has 0 radical (unpaired) electrons. The van der Waals surface area contributed by atoms with Gasteiger partial charge in [0.1, 0.15) is 11.3 Å². The standard InChI is InChI=1S/C21H15NO3/c1-24-16-12-10-15(11-13-16)21-22-18-9-5-8-17(20(18)25-21)19(23)14-6-3-2-4-7-14/h2-13H,1H3. The van der Waals surface area contributed by atoms with Gasteiger partial charge in [-0.25, -0.2) is 4.98 Å². The van der Waals surface area contributed by atoms with Crippen molar-refractivity contribution in [1.29, 1.82) is 0 Å². The Labute approximate surface area is 144 Å². The van der Waals surface area contributed by atoms with E-state index < -0.39 is 0 Å². The number of fused-ring (bicyclic) bond motifs is 1. The molecule has 0 saturated carbocycles. The van der Waals surface area contributed by atoms with Crippen molar-refractivity contribution in [1.82, 2.24) is 4.98 Å². The maximum absolute atomic E-state index is 12.8. The van der Waals surface area contributed by atoms with Crippen molar-refractivity contribution in [3.8, 4) is 17.2 Å². The second kappa shape index (κ2) is 6.24. The van der Waals surface area contributed by atoms with Crippen LogP contribution in [0.15, 0.2) is 77.2 Å². The molecule has 0 aliphatic heterocycles. The summed E-state index contributed by atoms with van der Waals surface area (Å²) in [5, 5.41) is 0. The summed E-state index contributed by atoms with van der Waals surface area (Å²) < 4.78 is 11.1. The highest BCUT2D eigenvalue weighted by atomic mass is 16.5. The van der Waals surface area contributed by atoms with Gasteiger partial charge >= 0.3 is 0 Å². The number of benzene rings is 3. The number of carbonyl (C=O) groups excluding carboxylic acids is 1. The van der Waals surface area contributed by atoms with Gasteiger partial charge in [-0.15, -0.1) is 0 Å². The average molecular weight is 329 g/mol. The third-order valence-corrected chi connectivity index (χ3v) is 4.03. The largest absolute Gasteiger partial charge is 0.497 e. The van der Waals surface area contributed by atoms with Crippen molar-refractivity contribution in [2.24, 2.45) is 0 Å². The highest BCUT2D eigenvalue weighted by Gasteiger charge is 2.17. The molecule has 0 aliphatic rings. The smallest absolute Gasteiger partial charge is 0.227 e. The first-order chi connectivity index (χ1) is 12.3. The average Bonchev–Trinajstić information content (AvgIpc) is 3.12. The lowest BCUT2D eigenvalue weighted by Crippen LogP contribution is -2.01.